The van der Waals surface area contributed by atoms with Crippen LogP contribution in [-0.2, 0) is 0 Å². The molecule has 1 aromatic carbocycles. The Morgan fingerprint density at radius 2 is 1.89 bits per heavy atom. The smallest absolute Gasteiger partial charge is 0.223 e. The van der Waals surface area contributed by atoms with E-state index in [-0.39, 0.29) is 0 Å². The topological polar surface area (TPSA) is 37.8 Å². The number of aromatic nitrogens is 2. The van der Waals surface area contributed by atoms with Crippen molar-refractivity contribution in [2.45, 2.75) is 20.3 Å². The van der Waals surface area contributed by atoms with E-state index < -0.39 is 0 Å². The maximum atomic E-state index is 6.04. The fourth-order valence-corrected chi connectivity index (χ4v) is 1.99. The van der Waals surface area contributed by atoms with Crippen molar-refractivity contribution < 1.29 is 0 Å². The van der Waals surface area contributed by atoms with Gasteiger partial charge in [0.15, 0.2) is 0 Å². The van der Waals surface area contributed by atoms with Gasteiger partial charge in [-0.3, -0.25) is 0 Å². The number of halogens is 2. The van der Waals surface area contributed by atoms with Crippen LogP contribution in [0.15, 0.2) is 24.3 Å². The van der Waals surface area contributed by atoms with Crippen molar-refractivity contribution in [1.29, 1.82) is 0 Å². The second kappa shape index (κ2) is 6.22. The van der Waals surface area contributed by atoms with Gasteiger partial charge in [0.2, 0.25) is 5.95 Å². The zero-order valence-corrected chi connectivity index (χ0v) is 12.4. The van der Waals surface area contributed by atoms with E-state index in [1.165, 1.54) is 0 Å². The van der Waals surface area contributed by atoms with Crippen molar-refractivity contribution in [2.24, 2.45) is 0 Å². The molecule has 2 rings (SSSR count). The molecule has 3 nitrogen and oxygen atoms in total. The van der Waals surface area contributed by atoms with E-state index >= 15 is 0 Å². The van der Waals surface area contributed by atoms with Gasteiger partial charge in [0.25, 0.3) is 0 Å². The van der Waals surface area contributed by atoms with Crippen molar-refractivity contribution >= 4 is 29.2 Å². The molecule has 0 aliphatic rings. The normalized spacial score (nSPS) is 10.5. The van der Waals surface area contributed by atoms with Gasteiger partial charge in [-0.2, -0.15) is 0 Å². The van der Waals surface area contributed by atoms with Crippen LogP contribution < -0.4 is 5.32 Å². The Bertz CT molecular complexity index is 585. The molecular formula is C14H15Cl2N3. The summed E-state index contributed by atoms with van der Waals surface area (Å²) in [5, 5.41) is 4.26. The van der Waals surface area contributed by atoms with E-state index in [4.69, 9.17) is 23.2 Å². The van der Waals surface area contributed by atoms with Crippen LogP contribution in [0.4, 0.5) is 5.95 Å². The molecule has 0 aliphatic heterocycles. The number of rotatable bonds is 4. The summed E-state index contributed by atoms with van der Waals surface area (Å²) in [6.07, 6.45) is 1.03. The Kier molecular flexibility index (Phi) is 4.61. The van der Waals surface area contributed by atoms with Crippen molar-refractivity contribution in [3.05, 3.63) is 40.0 Å². The Hall–Kier alpha value is -1.32. The molecule has 0 saturated heterocycles. The van der Waals surface area contributed by atoms with Crippen LogP contribution in [-0.4, -0.2) is 16.5 Å². The Morgan fingerprint density at radius 1 is 1.11 bits per heavy atom. The first-order valence-electron chi connectivity index (χ1n) is 6.15. The standard InChI is InChI=1S/C14H15Cl2N3/c1-3-6-17-14-18-9(2)7-13(19-14)10-4-5-11(15)12(16)8-10/h4-5,7-8H,3,6H2,1-2H3,(H,17,18,19). The fraction of sp³-hybridized carbons (Fsp3) is 0.286. The molecule has 2 aromatic rings. The maximum Gasteiger partial charge on any atom is 0.223 e. The number of aryl methyl sites for hydroxylation is 1. The monoisotopic (exact) mass is 295 g/mol. The first-order valence-corrected chi connectivity index (χ1v) is 6.90. The second-order valence-electron chi connectivity index (χ2n) is 4.27. The lowest BCUT2D eigenvalue weighted by molar-refractivity contribution is 0.947. The predicted molar refractivity (Wildman–Crippen MR) is 81.0 cm³/mol. The van der Waals surface area contributed by atoms with Gasteiger partial charge < -0.3 is 5.32 Å². The molecule has 0 radical (unpaired) electrons. The molecule has 0 unspecified atom stereocenters. The summed E-state index contributed by atoms with van der Waals surface area (Å²) >= 11 is 12.0. The van der Waals surface area contributed by atoms with Crippen LogP contribution >= 0.6 is 23.2 Å². The average molecular weight is 296 g/mol. The third-order valence-corrected chi connectivity index (χ3v) is 3.34. The van der Waals surface area contributed by atoms with E-state index in [9.17, 15) is 0 Å². The van der Waals surface area contributed by atoms with Gasteiger partial charge >= 0.3 is 0 Å². The molecule has 0 fully saturated rings. The zero-order valence-electron chi connectivity index (χ0n) is 10.9. The molecule has 0 atom stereocenters. The third-order valence-electron chi connectivity index (χ3n) is 2.60. The molecule has 1 aromatic heterocycles. The molecule has 0 saturated carbocycles. The number of hydrogen-bond donors (Lipinski definition) is 1. The van der Waals surface area contributed by atoms with Crippen molar-refractivity contribution in [3.8, 4) is 11.3 Å². The largest absolute Gasteiger partial charge is 0.354 e. The van der Waals surface area contributed by atoms with Crippen LogP contribution in [0.25, 0.3) is 11.3 Å². The summed E-state index contributed by atoms with van der Waals surface area (Å²) in [5.74, 6) is 0.642. The number of benzene rings is 1. The van der Waals surface area contributed by atoms with Gasteiger partial charge in [0.1, 0.15) is 0 Å². The lowest BCUT2D eigenvalue weighted by Crippen LogP contribution is -2.05. The van der Waals surface area contributed by atoms with Crippen molar-refractivity contribution in [1.82, 2.24) is 9.97 Å². The fourth-order valence-electron chi connectivity index (χ4n) is 1.69. The quantitative estimate of drug-likeness (QED) is 0.897. The highest BCUT2D eigenvalue weighted by molar-refractivity contribution is 6.42. The average Bonchev–Trinajstić information content (AvgIpc) is 2.39. The van der Waals surface area contributed by atoms with Crippen LogP contribution in [0, 0.1) is 6.92 Å². The minimum Gasteiger partial charge on any atom is -0.354 e. The molecule has 100 valence electrons. The minimum atomic E-state index is 0.526. The summed E-state index contributed by atoms with van der Waals surface area (Å²) < 4.78 is 0. The third kappa shape index (κ3) is 3.58. The minimum absolute atomic E-state index is 0.526. The number of anilines is 1. The Balaban J connectivity index is 2.37. The molecule has 0 amide bonds. The molecule has 5 heteroatoms. The van der Waals surface area contributed by atoms with E-state index in [0.29, 0.717) is 16.0 Å². The number of nitrogens with zero attached hydrogens (tertiary/aromatic N) is 2. The van der Waals surface area contributed by atoms with E-state index in [1.54, 1.807) is 6.07 Å². The molecule has 0 spiro atoms. The van der Waals surface area contributed by atoms with Crippen LogP contribution in [0.3, 0.4) is 0 Å². The maximum absolute atomic E-state index is 6.04. The lowest BCUT2D eigenvalue weighted by Gasteiger charge is -2.08. The number of hydrogen-bond acceptors (Lipinski definition) is 3. The number of nitrogens with one attached hydrogen (secondary N) is 1. The van der Waals surface area contributed by atoms with Crippen LogP contribution in [0.2, 0.25) is 10.0 Å². The molecular weight excluding hydrogens is 281 g/mol. The van der Waals surface area contributed by atoms with Crippen molar-refractivity contribution in [2.75, 3.05) is 11.9 Å². The highest BCUT2D eigenvalue weighted by Crippen LogP contribution is 2.28. The van der Waals surface area contributed by atoms with E-state index in [2.05, 4.69) is 22.2 Å². The summed E-state index contributed by atoms with van der Waals surface area (Å²) in [7, 11) is 0. The molecule has 0 aliphatic carbocycles. The SMILES string of the molecule is CCCNc1nc(C)cc(-c2ccc(Cl)c(Cl)c2)n1. The van der Waals surface area contributed by atoms with E-state index in [1.807, 2.05) is 25.1 Å². The van der Waals surface area contributed by atoms with Crippen molar-refractivity contribution in [3.63, 3.8) is 0 Å². The van der Waals surface area contributed by atoms with Gasteiger partial charge in [-0.25, -0.2) is 9.97 Å². The highest BCUT2D eigenvalue weighted by atomic mass is 35.5. The Labute approximate surface area is 123 Å². The predicted octanol–water partition coefficient (Wildman–Crippen LogP) is 4.58. The molecule has 0 bridgehead atoms. The van der Waals surface area contributed by atoms with Gasteiger partial charge in [-0.15, -0.1) is 0 Å². The zero-order chi connectivity index (χ0) is 13.8. The summed E-state index contributed by atoms with van der Waals surface area (Å²) in [6.45, 7) is 4.90. The Morgan fingerprint density at radius 3 is 2.58 bits per heavy atom. The van der Waals surface area contributed by atoms with Gasteiger partial charge in [0, 0.05) is 17.8 Å². The van der Waals surface area contributed by atoms with Gasteiger partial charge in [-0.1, -0.05) is 36.2 Å². The van der Waals surface area contributed by atoms with Crippen LogP contribution in [0.5, 0.6) is 0 Å². The first-order chi connectivity index (χ1) is 9.10. The summed E-state index contributed by atoms with van der Waals surface area (Å²) in [5.41, 5.74) is 2.68. The molecule has 1 N–H and O–H groups in total. The molecule has 1 heterocycles. The van der Waals surface area contributed by atoms with Gasteiger partial charge in [-0.05, 0) is 31.5 Å². The molecule has 19 heavy (non-hydrogen) atoms. The van der Waals surface area contributed by atoms with E-state index in [0.717, 1.165) is 29.9 Å². The summed E-state index contributed by atoms with van der Waals surface area (Å²) in [4.78, 5) is 8.84. The van der Waals surface area contributed by atoms with Crippen LogP contribution in [0.1, 0.15) is 19.0 Å². The lowest BCUT2D eigenvalue weighted by atomic mass is 10.1. The highest BCUT2D eigenvalue weighted by Gasteiger charge is 2.06. The first kappa shape index (κ1) is 14.1. The second-order valence-corrected chi connectivity index (χ2v) is 5.09. The van der Waals surface area contributed by atoms with Gasteiger partial charge in [0.05, 0.1) is 15.7 Å². The summed E-state index contributed by atoms with van der Waals surface area (Å²) in [6, 6.07) is 7.42.